The number of carbonyl (C=O) groups excluding carboxylic acids is 2. The van der Waals surface area contributed by atoms with Crippen molar-refractivity contribution >= 4 is 11.8 Å². The molecule has 0 aromatic rings. The molecule has 1 unspecified atom stereocenters. The Labute approximate surface area is 109 Å². The average Bonchev–Trinajstić information content (AvgIpc) is 2.23. The lowest BCUT2D eigenvalue weighted by Crippen LogP contribution is -2.60. The predicted octanol–water partition coefficient (Wildman–Crippen LogP) is 0.784. The first kappa shape index (κ1) is 15.0. The summed E-state index contributed by atoms with van der Waals surface area (Å²) in [5.41, 5.74) is -0.435. The molecule has 0 aromatic heterocycles. The number of ether oxygens (including phenoxy) is 1. The molecule has 0 radical (unpaired) electrons. The van der Waals surface area contributed by atoms with Gasteiger partial charge in [-0.1, -0.05) is 13.8 Å². The molecule has 5 heteroatoms. The zero-order chi connectivity index (χ0) is 13.9. The van der Waals surface area contributed by atoms with Crippen LogP contribution in [0.1, 0.15) is 34.1 Å². The van der Waals surface area contributed by atoms with Crippen LogP contribution in [0, 0.1) is 5.92 Å². The van der Waals surface area contributed by atoms with Crippen LogP contribution in [0.25, 0.3) is 0 Å². The zero-order valence-corrected chi connectivity index (χ0v) is 11.9. The van der Waals surface area contributed by atoms with Gasteiger partial charge in [0.1, 0.15) is 6.04 Å². The Kier molecular flexibility index (Phi) is 4.73. The van der Waals surface area contributed by atoms with E-state index in [1.54, 1.807) is 12.0 Å². The van der Waals surface area contributed by atoms with Crippen molar-refractivity contribution in [2.45, 2.75) is 45.8 Å². The number of nitrogens with zero attached hydrogens (tertiary/aromatic N) is 1. The fourth-order valence-electron chi connectivity index (χ4n) is 2.06. The molecule has 1 rings (SSSR count). The Bertz CT molecular complexity index is 326. The van der Waals surface area contributed by atoms with Crippen molar-refractivity contribution in [3.05, 3.63) is 0 Å². The third kappa shape index (κ3) is 3.98. The van der Waals surface area contributed by atoms with Crippen LogP contribution in [0.2, 0.25) is 0 Å². The highest BCUT2D eigenvalue weighted by molar-refractivity contribution is 5.94. The molecular formula is C13H24N2O3. The summed E-state index contributed by atoms with van der Waals surface area (Å²) in [6, 6.07) is -0.390. The molecule has 18 heavy (non-hydrogen) atoms. The number of methoxy groups -OCH3 is 1. The second-order valence-electron chi connectivity index (χ2n) is 5.91. The maximum atomic E-state index is 12.3. The van der Waals surface area contributed by atoms with Crippen LogP contribution >= 0.6 is 0 Å². The number of hydrogen-bond acceptors (Lipinski definition) is 3. The van der Waals surface area contributed by atoms with Gasteiger partial charge in [-0.15, -0.1) is 0 Å². The quantitative estimate of drug-likeness (QED) is 0.791. The van der Waals surface area contributed by atoms with Crippen molar-refractivity contribution in [2.75, 3.05) is 20.2 Å². The van der Waals surface area contributed by atoms with Gasteiger partial charge < -0.3 is 15.0 Å². The van der Waals surface area contributed by atoms with E-state index in [9.17, 15) is 9.59 Å². The SMILES string of the molecule is COC(C)(C)CN1CC(=O)NC(CC(C)C)C1=O. The van der Waals surface area contributed by atoms with E-state index in [0.717, 1.165) is 0 Å². The summed E-state index contributed by atoms with van der Waals surface area (Å²) in [5, 5.41) is 2.76. The van der Waals surface area contributed by atoms with Crippen LogP contribution in [-0.4, -0.2) is 48.6 Å². The molecule has 1 atom stereocenters. The molecule has 0 saturated carbocycles. The Balaban J connectivity index is 2.73. The van der Waals surface area contributed by atoms with Gasteiger partial charge in [0.2, 0.25) is 11.8 Å². The van der Waals surface area contributed by atoms with Crippen LogP contribution < -0.4 is 5.32 Å². The molecule has 0 aromatic carbocycles. The van der Waals surface area contributed by atoms with Crippen LogP contribution in [-0.2, 0) is 14.3 Å². The zero-order valence-electron chi connectivity index (χ0n) is 11.9. The molecule has 2 amide bonds. The van der Waals surface area contributed by atoms with Gasteiger partial charge in [0.25, 0.3) is 0 Å². The van der Waals surface area contributed by atoms with E-state index in [1.165, 1.54) is 0 Å². The highest BCUT2D eigenvalue weighted by atomic mass is 16.5. The molecule has 1 saturated heterocycles. The van der Waals surface area contributed by atoms with Gasteiger partial charge in [0, 0.05) is 13.7 Å². The molecule has 0 aliphatic carbocycles. The Morgan fingerprint density at radius 1 is 1.44 bits per heavy atom. The van der Waals surface area contributed by atoms with Gasteiger partial charge in [-0.2, -0.15) is 0 Å². The standard InChI is InChI=1S/C13H24N2O3/c1-9(2)6-10-12(17)15(7-11(16)14-10)8-13(3,4)18-5/h9-10H,6-8H2,1-5H3,(H,14,16). The summed E-state index contributed by atoms with van der Waals surface area (Å²) in [7, 11) is 1.61. The second kappa shape index (κ2) is 5.69. The molecular weight excluding hydrogens is 232 g/mol. The average molecular weight is 256 g/mol. The summed E-state index contributed by atoms with van der Waals surface area (Å²) in [5.74, 6) is 0.273. The van der Waals surface area contributed by atoms with Gasteiger partial charge in [-0.3, -0.25) is 9.59 Å². The second-order valence-corrected chi connectivity index (χ2v) is 5.91. The summed E-state index contributed by atoms with van der Waals surface area (Å²) >= 11 is 0. The highest BCUT2D eigenvalue weighted by Gasteiger charge is 2.35. The Morgan fingerprint density at radius 3 is 2.56 bits per heavy atom. The fourth-order valence-corrected chi connectivity index (χ4v) is 2.06. The van der Waals surface area contributed by atoms with Crippen LogP contribution in [0.3, 0.4) is 0 Å². The lowest BCUT2D eigenvalue weighted by atomic mass is 9.99. The van der Waals surface area contributed by atoms with Crippen LogP contribution in [0.15, 0.2) is 0 Å². The lowest BCUT2D eigenvalue weighted by Gasteiger charge is -2.37. The van der Waals surface area contributed by atoms with E-state index in [1.807, 2.05) is 27.7 Å². The number of piperazine rings is 1. The topological polar surface area (TPSA) is 58.6 Å². The van der Waals surface area contributed by atoms with E-state index < -0.39 is 5.60 Å². The van der Waals surface area contributed by atoms with Gasteiger partial charge in [0.15, 0.2) is 0 Å². The molecule has 104 valence electrons. The molecule has 5 nitrogen and oxygen atoms in total. The number of amides is 2. The number of rotatable bonds is 5. The maximum absolute atomic E-state index is 12.3. The largest absolute Gasteiger partial charge is 0.377 e. The number of carbonyl (C=O) groups is 2. The summed E-state index contributed by atoms with van der Waals surface area (Å²) in [4.78, 5) is 25.5. The Morgan fingerprint density at radius 2 is 2.06 bits per heavy atom. The minimum absolute atomic E-state index is 0.00609. The third-order valence-corrected chi connectivity index (χ3v) is 3.11. The van der Waals surface area contributed by atoms with Crippen LogP contribution in [0.5, 0.6) is 0 Å². The normalized spacial score (nSPS) is 21.4. The lowest BCUT2D eigenvalue weighted by molar-refractivity contribution is -0.148. The molecule has 1 fully saturated rings. The van der Waals surface area contributed by atoms with Crippen molar-refractivity contribution in [1.82, 2.24) is 10.2 Å². The summed E-state index contributed by atoms with van der Waals surface area (Å²) in [6.45, 7) is 8.45. The summed E-state index contributed by atoms with van der Waals surface area (Å²) < 4.78 is 5.31. The molecule has 1 heterocycles. The molecule has 1 aliphatic rings. The Hall–Kier alpha value is -1.10. The van der Waals surface area contributed by atoms with E-state index in [4.69, 9.17) is 4.74 Å². The maximum Gasteiger partial charge on any atom is 0.245 e. The first-order chi connectivity index (χ1) is 8.25. The van der Waals surface area contributed by atoms with Gasteiger partial charge in [-0.05, 0) is 26.2 Å². The van der Waals surface area contributed by atoms with Crippen molar-refractivity contribution in [3.63, 3.8) is 0 Å². The first-order valence-corrected chi connectivity index (χ1v) is 6.38. The molecule has 1 N–H and O–H groups in total. The molecule has 1 aliphatic heterocycles. The number of nitrogens with one attached hydrogen (secondary N) is 1. The first-order valence-electron chi connectivity index (χ1n) is 6.38. The molecule has 0 bridgehead atoms. The van der Waals surface area contributed by atoms with E-state index in [0.29, 0.717) is 18.9 Å². The predicted molar refractivity (Wildman–Crippen MR) is 69.1 cm³/mol. The monoisotopic (exact) mass is 256 g/mol. The van der Waals surface area contributed by atoms with Gasteiger partial charge in [-0.25, -0.2) is 0 Å². The van der Waals surface area contributed by atoms with Gasteiger partial charge >= 0.3 is 0 Å². The third-order valence-electron chi connectivity index (χ3n) is 3.11. The van der Waals surface area contributed by atoms with Crippen molar-refractivity contribution < 1.29 is 14.3 Å². The van der Waals surface area contributed by atoms with E-state index >= 15 is 0 Å². The minimum Gasteiger partial charge on any atom is -0.377 e. The fraction of sp³-hybridized carbons (Fsp3) is 0.846. The minimum atomic E-state index is -0.435. The van der Waals surface area contributed by atoms with Gasteiger partial charge in [0.05, 0.1) is 12.1 Å². The van der Waals surface area contributed by atoms with E-state index in [-0.39, 0.29) is 24.4 Å². The summed E-state index contributed by atoms with van der Waals surface area (Å²) in [6.07, 6.45) is 0.675. The van der Waals surface area contributed by atoms with Crippen molar-refractivity contribution in [2.24, 2.45) is 5.92 Å². The van der Waals surface area contributed by atoms with Crippen LogP contribution in [0.4, 0.5) is 0 Å². The van der Waals surface area contributed by atoms with Crippen molar-refractivity contribution in [3.8, 4) is 0 Å². The smallest absolute Gasteiger partial charge is 0.245 e. The highest BCUT2D eigenvalue weighted by Crippen LogP contribution is 2.16. The molecule has 0 spiro atoms. The van der Waals surface area contributed by atoms with Crippen molar-refractivity contribution in [1.29, 1.82) is 0 Å². The van der Waals surface area contributed by atoms with E-state index in [2.05, 4.69) is 5.32 Å². The number of hydrogen-bond donors (Lipinski definition) is 1.